The minimum Gasteiger partial charge on any atom is -0.464 e. The minimum absolute atomic E-state index is 0.0450. The lowest BCUT2D eigenvalue weighted by Gasteiger charge is -2.24. The lowest BCUT2D eigenvalue weighted by molar-refractivity contribution is -0.121. The van der Waals surface area contributed by atoms with Gasteiger partial charge >= 0.3 is 0 Å². The van der Waals surface area contributed by atoms with Crippen LogP contribution in [0.1, 0.15) is 29.1 Å². The first-order valence-corrected chi connectivity index (χ1v) is 8.37. The second-order valence-electron chi connectivity index (χ2n) is 6.69. The number of nitrogens with one attached hydrogen (secondary N) is 1. The van der Waals surface area contributed by atoms with E-state index < -0.39 is 0 Å². The van der Waals surface area contributed by atoms with Crippen LogP contribution in [0.3, 0.4) is 0 Å². The van der Waals surface area contributed by atoms with E-state index in [4.69, 9.17) is 4.42 Å². The lowest BCUT2D eigenvalue weighted by Crippen LogP contribution is -2.41. The van der Waals surface area contributed by atoms with E-state index >= 15 is 0 Å². The highest BCUT2D eigenvalue weighted by Crippen LogP contribution is 2.23. The summed E-state index contributed by atoms with van der Waals surface area (Å²) < 4.78 is 7.73. The number of aryl methyl sites for hydroxylation is 3. The standard InChI is InChI=1S/C19H21N3O2/c1-12-3-5-16-14(11-24-17(16)7-12)8-19(23)21-15-4-6-18-20-13(2)9-22(18)10-15/h3,5,7,9,11,15H,4,6,8,10H2,1-2H3,(H,21,23). The van der Waals surface area contributed by atoms with Crippen LogP contribution in [-0.2, 0) is 24.2 Å². The van der Waals surface area contributed by atoms with Crippen LogP contribution in [0.2, 0.25) is 0 Å². The first-order valence-electron chi connectivity index (χ1n) is 8.37. The minimum atomic E-state index is 0.0450. The molecule has 0 saturated heterocycles. The summed E-state index contributed by atoms with van der Waals surface area (Å²) in [6, 6.07) is 6.24. The topological polar surface area (TPSA) is 60.1 Å². The van der Waals surface area contributed by atoms with Gasteiger partial charge in [0.1, 0.15) is 11.4 Å². The van der Waals surface area contributed by atoms with Crippen molar-refractivity contribution < 1.29 is 9.21 Å². The Labute approximate surface area is 140 Å². The van der Waals surface area contributed by atoms with Gasteiger partial charge in [0.05, 0.1) is 18.4 Å². The number of rotatable bonds is 3. The second-order valence-corrected chi connectivity index (χ2v) is 6.69. The highest BCUT2D eigenvalue weighted by molar-refractivity contribution is 5.88. The predicted molar refractivity (Wildman–Crippen MR) is 91.9 cm³/mol. The summed E-state index contributed by atoms with van der Waals surface area (Å²) in [4.78, 5) is 16.9. The molecule has 5 nitrogen and oxygen atoms in total. The molecule has 0 bridgehead atoms. The number of hydrogen-bond donors (Lipinski definition) is 1. The summed E-state index contributed by atoms with van der Waals surface area (Å²) in [5, 5.41) is 4.17. The maximum absolute atomic E-state index is 12.4. The zero-order valence-electron chi connectivity index (χ0n) is 14.0. The van der Waals surface area contributed by atoms with Crippen molar-refractivity contribution in [2.75, 3.05) is 0 Å². The third-order valence-corrected chi connectivity index (χ3v) is 4.64. The fraction of sp³-hybridized carbons (Fsp3) is 0.368. The van der Waals surface area contributed by atoms with Crippen molar-refractivity contribution in [3.63, 3.8) is 0 Å². The number of carbonyl (C=O) groups is 1. The molecule has 2 aromatic heterocycles. The van der Waals surface area contributed by atoms with Gasteiger partial charge < -0.3 is 14.3 Å². The number of benzene rings is 1. The Bertz CT molecular complexity index is 907. The number of nitrogens with zero attached hydrogens (tertiary/aromatic N) is 2. The maximum atomic E-state index is 12.4. The molecular formula is C19H21N3O2. The summed E-state index contributed by atoms with van der Waals surface area (Å²) in [5.74, 6) is 1.16. The molecule has 1 aliphatic heterocycles. The van der Waals surface area contributed by atoms with Crippen LogP contribution in [-0.4, -0.2) is 21.5 Å². The highest BCUT2D eigenvalue weighted by atomic mass is 16.3. The molecule has 4 rings (SSSR count). The Morgan fingerprint density at radius 1 is 1.42 bits per heavy atom. The predicted octanol–water partition coefficient (Wildman–Crippen LogP) is 2.92. The molecule has 0 radical (unpaired) electrons. The number of fused-ring (bicyclic) bond motifs is 2. The quantitative estimate of drug-likeness (QED) is 0.806. The van der Waals surface area contributed by atoms with E-state index in [0.717, 1.165) is 53.0 Å². The number of amides is 1. The molecule has 1 unspecified atom stereocenters. The fourth-order valence-corrected chi connectivity index (χ4v) is 3.48. The van der Waals surface area contributed by atoms with Crippen LogP contribution in [0, 0.1) is 13.8 Å². The number of carbonyl (C=O) groups excluding carboxylic acids is 1. The van der Waals surface area contributed by atoms with Crippen molar-refractivity contribution in [3.05, 3.63) is 53.3 Å². The first kappa shape index (κ1) is 15.0. The van der Waals surface area contributed by atoms with Crippen molar-refractivity contribution in [2.24, 2.45) is 0 Å². The van der Waals surface area contributed by atoms with Crippen molar-refractivity contribution in [1.82, 2.24) is 14.9 Å². The van der Waals surface area contributed by atoms with Crippen molar-refractivity contribution in [1.29, 1.82) is 0 Å². The van der Waals surface area contributed by atoms with Crippen LogP contribution < -0.4 is 5.32 Å². The van der Waals surface area contributed by atoms with E-state index in [1.54, 1.807) is 6.26 Å². The van der Waals surface area contributed by atoms with Gasteiger partial charge in [0, 0.05) is 36.2 Å². The van der Waals surface area contributed by atoms with Crippen LogP contribution in [0.5, 0.6) is 0 Å². The van der Waals surface area contributed by atoms with E-state index in [1.165, 1.54) is 0 Å². The summed E-state index contributed by atoms with van der Waals surface area (Å²) >= 11 is 0. The van der Waals surface area contributed by atoms with Crippen LogP contribution in [0.4, 0.5) is 0 Å². The molecule has 5 heteroatoms. The molecule has 0 aliphatic carbocycles. The van der Waals surface area contributed by atoms with Gasteiger partial charge in [-0.25, -0.2) is 4.98 Å². The first-order chi connectivity index (χ1) is 11.6. The molecule has 24 heavy (non-hydrogen) atoms. The van der Waals surface area contributed by atoms with Gasteiger partial charge in [-0.1, -0.05) is 12.1 Å². The Kier molecular flexibility index (Phi) is 3.63. The molecule has 0 saturated carbocycles. The molecule has 1 N–H and O–H groups in total. The van der Waals surface area contributed by atoms with Crippen LogP contribution in [0.25, 0.3) is 11.0 Å². The molecular weight excluding hydrogens is 302 g/mol. The Balaban J connectivity index is 1.43. The normalized spacial score (nSPS) is 17.0. The summed E-state index contributed by atoms with van der Waals surface area (Å²) in [7, 11) is 0. The number of aromatic nitrogens is 2. The molecule has 1 atom stereocenters. The summed E-state index contributed by atoms with van der Waals surface area (Å²) in [6.07, 6.45) is 5.95. The van der Waals surface area contributed by atoms with Crippen molar-refractivity contribution in [2.45, 2.75) is 45.7 Å². The lowest BCUT2D eigenvalue weighted by atomic mass is 10.1. The Morgan fingerprint density at radius 3 is 3.17 bits per heavy atom. The van der Waals surface area contributed by atoms with E-state index in [-0.39, 0.29) is 11.9 Å². The molecule has 3 aromatic rings. The summed E-state index contributed by atoms with van der Waals surface area (Å²) in [6.45, 7) is 4.83. The van der Waals surface area contributed by atoms with Gasteiger partial charge in [-0.15, -0.1) is 0 Å². The molecule has 1 aromatic carbocycles. The van der Waals surface area contributed by atoms with Gasteiger partial charge in [0.25, 0.3) is 0 Å². The maximum Gasteiger partial charge on any atom is 0.224 e. The number of hydrogen-bond acceptors (Lipinski definition) is 3. The molecule has 1 aliphatic rings. The average molecular weight is 323 g/mol. The molecule has 1 amide bonds. The van der Waals surface area contributed by atoms with Gasteiger partial charge in [-0.2, -0.15) is 0 Å². The third-order valence-electron chi connectivity index (χ3n) is 4.64. The molecule has 3 heterocycles. The van der Waals surface area contributed by atoms with E-state index in [9.17, 15) is 4.79 Å². The van der Waals surface area contributed by atoms with E-state index in [1.807, 2.05) is 32.0 Å². The van der Waals surface area contributed by atoms with Crippen LogP contribution >= 0.6 is 0 Å². The van der Waals surface area contributed by atoms with Gasteiger partial charge in [-0.3, -0.25) is 4.79 Å². The fourth-order valence-electron chi connectivity index (χ4n) is 3.48. The monoisotopic (exact) mass is 323 g/mol. The second kappa shape index (κ2) is 5.82. The van der Waals surface area contributed by atoms with E-state index in [2.05, 4.69) is 21.1 Å². The molecule has 0 fully saturated rings. The smallest absolute Gasteiger partial charge is 0.224 e. The zero-order chi connectivity index (χ0) is 16.7. The van der Waals surface area contributed by atoms with Gasteiger partial charge in [0.15, 0.2) is 0 Å². The highest BCUT2D eigenvalue weighted by Gasteiger charge is 2.21. The number of imidazole rings is 1. The zero-order valence-corrected chi connectivity index (χ0v) is 14.0. The van der Waals surface area contributed by atoms with Gasteiger partial charge in [0.2, 0.25) is 5.91 Å². The SMILES string of the molecule is Cc1ccc2c(CC(=O)NC3CCc4nc(C)cn4C3)coc2c1. The largest absolute Gasteiger partial charge is 0.464 e. The number of furan rings is 1. The summed E-state index contributed by atoms with van der Waals surface area (Å²) in [5.41, 5.74) is 3.98. The molecule has 0 spiro atoms. The third kappa shape index (κ3) is 2.82. The van der Waals surface area contributed by atoms with E-state index in [0.29, 0.717) is 6.42 Å². The Hall–Kier alpha value is -2.56. The average Bonchev–Trinajstić information content (AvgIpc) is 3.09. The van der Waals surface area contributed by atoms with Crippen molar-refractivity contribution >= 4 is 16.9 Å². The van der Waals surface area contributed by atoms with Gasteiger partial charge in [-0.05, 0) is 31.9 Å². The Morgan fingerprint density at radius 2 is 2.29 bits per heavy atom. The van der Waals surface area contributed by atoms with Crippen molar-refractivity contribution in [3.8, 4) is 0 Å². The van der Waals surface area contributed by atoms with Crippen LogP contribution in [0.15, 0.2) is 35.1 Å². The molecule has 124 valence electrons.